The van der Waals surface area contributed by atoms with Gasteiger partial charge in [0.1, 0.15) is 0 Å². The number of hydrogen-bond acceptors (Lipinski definition) is 4. The molecule has 0 radical (unpaired) electrons. The van der Waals surface area contributed by atoms with Crippen LogP contribution in [0, 0.1) is 0 Å². The van der Waals surface area contributed by atoms with Crippen LogP contribution >= 0.6 is 0 Å². The van der Waals surface area contributed by atoms with E-state index in [2.05, 4.69) is 16.9 Å². The van der Waals surface area contributed by atoms with E-state index in [1.54, 1.807) is 6.20 Å². The van der Waals surface area contributed by atoms with Crippen LogP contribution in [0.2, 0.25) is 0 Å². The zero-order valence-electron chi connectivity index (χ0n) is 9.72. The summed E-state index contributed by atoms with van der Waals surface area (Å²) < 4.78 is 5.60. The molecule has 2 rings (SSSR count). The number of nitrogens with zero attached hydrogens (tertiary/aromatic N) is 2. The summed E-state index contributed by atoms with van der Waals surface area (Å²) in [6.07, 6.45) is 4.51. The second kappa shape index (κ2) is 5.27. The SMILES string of the molecule is CN(Cc1cc(N)ccn1)CC1CCCO1. The third-order valence-electron chi connectivity index (χ3n) is 2.81. The lowest BCUT2D eigenvalue weighted by atomic mass is 10.2. The second-order valence-electron chi connectivity index (χ2n) is 4.41. The van der Waals surface area contributed by atoms with Gasteiger partial charge in [-0.3, -0.25) is 9.88 Å². The third kappa shape index (κ3) is 3.18. The van der Waals surface area contributed by atoms with Gasteiger partial charge in [0.15, 0.2) is 0 Å². The monoisotopic (exact) mass is 221 g/mol. The quantitative estimate of drug-likeness (QED) is 0.832. The van der Waals surface area contributed by atoms with Crippen LogP contribution in [0.4, 0.5) is 5.69 Å². The van der Waals surface area contributed by atoms with E-state index in [1.807, 2.05) is 12.1 Å². The Labute approximate surface area is 96.4 Å². The van der Waals surface area contributed by atoms with Crippen molar-refractivity contribution < 1.29 is 4.74 Å². The lowest BCUT2D eigenvalue weighted by molar-refractivity contribution is 0.0790. The molecule has 1 fully saturated rings. The van der Waals surface area contributed by atoms with Crippen molar-refractivity contribution in [3.63, 3.8) is 0 Å². The highest BCUT2D eigenvalue weighted by Gasteiger charge is 2.17. The molecule has 0 saturated carbocycles. The smallest absolute Gasteiger partial charge is 0.0702 e. The first-order valence-electron chi connectivity index (χ1n) is 5.74. The van der Waals surface area contributed by atoms with Crippen molar-refractivity contribution >= 4 is 5.69 Å². The lowest BCUT2D eigenvalue weighted by Crippen LogP contribution is -2.28. The maximum Gasteiger partial charge on any atom is 0.0702 e. The van der Waals surface area contributed by atoms with E-state index in [0.29, 0.717) is 6.10 Å². The van der Waals surface area contributed by atoms with Gasteiger partial charge in [-0.15, -0.1) is 0 Å². The summed E-state index contributed by atoms with van der Waals surface area (Å²) in [6.45, 7) is 2.70. The number of ether oxygens (including phenoxy) is 1. The summed E-state index contributed by atoms with van der Waals surface area (Å²) in [6, 6.07) is 3.73. The average Bonchev–Trinajstić information content (AvgIpc) is 2.70. The van der Waals surface area contributed by atoms with Gasteiger partial charge in [-0.05, 0) is 32.0 Å². The molecule has 0 bridgehead atoms. The predicted octanol–water partition coefficient (Wildman–Crippen LogP) is 1.27. The minimum atomic E-state index is 0.394. The van der Waals surface area contributed by atoms with Gasteiger partial charge in [0, 0.05) is 31.6 Å². The van der Waals surface area contributed by atoms with Crippen molar-refractivity contribution in [2.45, 2.75) is 25.5 Å². The normalized spacial score (nSPS) is 20.5. The van der Waals surface area contributed by atoms with Gasteiger partial charge in [0.25, 0.3) is 0 Å². The minimum absolute atomic E-state index is 0.394. The number of hydrogen-bond donors (Lipinski definition) is 1. The molecule has 2 N–H and O–H groups in total. The van der Waals surface area contributed by atoms with Crippen LogP contribution in [0.5, 0.6) is 0 Å². The maximum atomic E-state index is 5.71. The summed E-state index contributed by atoms with van der Waals surface area (Å²) >= 11 is 0. The third-order valence-corrected chi connectivity index (χ3v) is 2.81. The van der Waals surface area contributed by atoms with Crippen molar-refractivity contribution in [3.8, 4) is 0 Å². The highest BCUT2D eigenvalue weighted by molar-refractivity contribution is 5.37. The highest BCUT2D eigenvalue weighted by atomic mass is 16.5. The molecule has 0 aromatic carbocycles. The fourth-order valence-electron chi connectivity index (χ4n) is 2.06. The molecule has 1 atom stereocenters. The van der Waals surface area contributed by atoms with E-state index in [-0.39, 0.29) is 0 Å². The Morgan fingerprint density at radius 3 is 3.19 bits per heavy atom. The van der Waals surface area contributed by atoms with Gasteiger partial charge in [-0.1, -0.05) is 0 Å². The summed E-state index contributed by atoms with van der Waals surface area (Å²) in [5, 5.41) is 0. The maximum absolute atomic E-state index is 5.71. The van der Waals surface area contributed by atoms with Crippen molar-refractivity contribution in [1.29, 1.82) is 0 Å². The van der Waals surface area contributed by atoms with Crippen LogP contribution in [0.3, 0.4) is 0 Å². The molecule has 16 heavy (non-hydrogen) atoms. The molecule has 1 aliphatic heterocycles. The van der Waals surface area contributed by atoms with Crippen LogP contribution in [-0.2, 0) is 11.3 Å². The van der Waals surface area contributed by atoms with Crippen LogP contribution < -0.4 is 5.73 Å². The number of aromatic nitrogens is 1. The number of likely N-dealkylation sites (N-methyl/N-ethyl adjacent to an activating group) is 1. The van der Waals surface area contributed by atoms with Gasteiger partial charge in [-0.2, -0.15) is 0 Å². The standard InChI is InChI=1S/C12H19N3O/c1-15(9-12-3-2-6-16-12)8-11-7-10(13)4-5-14-11/h4-5,7,12H,2-3,6,8-9H2,1H3,(H2,13,14). The van der Waals surface area contributed by atoms with Crippen LogP contribution in [0.1, 0.15) is 18.5 Å². The molecular weight excluding hydrogens is 202 g/mol. The molecule has 0 spiro atoms. The first kappa shape index (κ1) is 11.4. The number of nitrogens with two attached hydrogens (primary N) is 1. The van der Waals surface area contributed by atoms with Crippen molar-refractivity contribution in [2.24, 2.45) is 0 Å². The molecule has 1 aliphatic rings. The van der Waals surface area contributed by atoms with Crippen LogP contribution in [-0.4, -0.2) is 36.2 Å². The fraction of sp³-hybridized carbons (Fsp3) is 0.583. The molecule has 2 heterocycles. The highest BCUT2D eigenvalue weighted by Crippen LogP contribution is 2.14. The molecule has 1 aromatic heterocycles. The Bertz CT molecular complexity index is 337. The topological polar surface area (TPSA) is 51.4 Å². The molecular formula is C12H19N3O. The van der Waals surface area contributed by atoms with Crippen molar-refractivity contribution in [2.75, 3.05) is 25.9 Å². The molecule has 1 saturated heterocycles. The first-order chi connectivity index (χ1) is 7.74. The van der Waals surface area contributed by atoms with Gasteiger partial charge < -0.3 is 10.5 Å². The van der Waals surface area contributed by atoms with E-state index in [0.717, 1.165) is 31.1 Å². The van der Waals surface area contributed by atoms with Gasteiger partial charge >= 0.3 is 0 Å². The minimum Gasteiger partial charge on any atom is -0.399 e. The Balaban J connectivity index is 1.84. The second-order valence-corrected chi connectivity index (χ2v) is 4.41. The number of anilines is 1. The number of rotatable bonds is 4. The molecule has 0 aliphatic carbocycles. The van der Waals surface area contributed by atoms with Crippen LogP contribution in [0.25, 0.3) is 0 Å². The van der Waals surface area contributed by atoms with E-state index >= 15 is 0 Å². The van der Waals surface area contributed by atoms with Gasteiger partial charge in [0.05, 0.1) is 11.8 Å². The largest absolute Gasteiger partial charge is 0.399 e. The zero-order valence-corrected chi connectivity index (χ0v) is 9.72. The van der Waals surface area contributed by atoms with E-state index < -0.39 is 0 Å². The van der Waals surface area contributed by atoms with E-state index in [1.165, 1.54) is 12.8 Å². The summed E-state index contributed by atoms with van der Waals surface area (Å²) in [7, 11) is 2.09. The fourth-order valence-corrected chi connectivity index (χ4v) is 2.06. The predicted molar refractivity (Wildman–Crippen MR) is 64.0 cm³/mol. The summed E-state index contributed by atoms with van der Waals surface area (Å²) in [5.74, 6) is 0. The molecule has 88 valence electrons. The Morgan fingerprint density at radius 2 is 2.50 bits per heavy atom. The van der Waals surface area contributed by atoms with Crippen molar-refractivity contribution in [3.05, 3.63) is 24.0 Å². The van der Waals surface area contributed by atoms with E-state index in [4.69, 9.17) is 10.5 Å². The Kier molecular flexibility index (Phi) is 3.74. The zero-order chi connectivity index (χ0) is 11.4. The first-order valence-corrected chi connectivity index (χ1v) is 5.74. The van der Waals surface area contributed by atoms with Gasteiger partial charge in [-0.25, -0.2) is 0 Å². The van der Waals surface area contributed by atoms with Crippen LogP contribution in [0.15, 0.2) is 18.3 Å². The molecule has 0 amide bonds. The molecule has 1 aromatic rings. The summed E-state index contributed by atoms with van der Waals surface area (Å²) in [4.78, 5) is 6.53. The lowest BCUT2D eigenvalue weighted by Gasteiger charge is -2.20. The molecule has 4 heteroatoms. The number of nitrogen functional groups attached to an aromatic ring is 1. The molecule has 1 unspecified atom stereocenters. The Hall–Kier alpha value is -1.13. The Morgan fingerprint density at radius 1 is 1.62 bits per heavy atom. The van der Waals surface area contributed by atoms with E-state index in [9.17, 15) is 0 Å². The summed E-state index contributed by atoms with van der Waals surface area (Å²) in [5.41, 5.74) is 7.50. The number of pyridine rings is 1. The molecule has 4 nitrogen and oxygen atoms in total. The van der Waals surface area contributed by atoms with Crippen molar-refractivity contribution in [1.82, 2.24) is 9.88 Å². The van der Waals surface area contributed by atoms with Gasteiger partial charge in [0.2, 0.25) is 0 Å². The average molecular weight is 221 g/mol.